The molecule has 0 amide bonds. The van der Waals surface area contributed by atoms with Gasteiger partial charge in [0, 0.05) is 23.4 Å². The van der Waals surface area contributed by atoms with Crippen LogP contribution in [0.25, 0.3) is 5.70 Å². The van der Waals surface area contributed by atoms with Gasteiger partial charge in [-0.2, -0.15) is 0 Å². The van der Waals surface area contributed by atoms with Crippen LogP contribution in [0.1, 0.15) is 33.4 Å². The molecule has 0 unspecified atom stereocenters. The lowest BCUT2D eigenvalue weighted by molar-refractivity contribution is -0.449. The quantitative estimate of drug-likeness (QED) is 0.306. The Bertz CT molecular complexity index is 1640. The first-order valence-electron chi connectivity index (χ1n) is 12.6. The number of sulfonamides is 1. The predicted octanol–water partition coefficient (Wildman–Crippen LogP) is 6.45. The van der Waals surface area contributed by atoms with E-state index in [0.717, 1.165) is 50.5 Å². The van der Waals surface area contributed by atoms with Gasteiger partial charge in [0.1, 0.15) is 6.72 Å². The summed E-state index contributed by atoms with van der Waals surface area (Å²) in [5, 5.41) is 0. The Morgan fingerprint density at radius 1 is 0.842 bits per heavy atom. The van der Waals surface area contributed by atoms with Crippen molar-refractivity contribution >= 4 is 33.8 Å². The molecule has 4 aromatic rings. The van der Waals surface area contributed by atoms with Crippen molar-refractivity contribution in [3.05, 3.63) is 131 Å². The van der Waals surface area contributed by atoms with Crippen molar-refractivity contribution in [1.82, 2.24) is 4.72 Å². The lowest BCUT2D eigenvalue weighted by Gasteiger charge is -2.31. The zero-order chi connectivity index (χ0) is 26.9. The molecule has 1 heterocycles. The molecule has 192 valence electrons. The molecular formula is C32H32N3O2S+. The molecule has 5 rings (SSSR count). The minimum atomic E-state index is -3.77. The van der Waals surface area contributed by atoms with E-state index in [9.17, 15) is 8.42 Å². The van der Waals surface area contributed by atoms with E-state index in [4.69, 9.17) is 0 Å². The van der Waals surface area contributed by atoms with Crippen molar-refractivity contribution in [1.29, 1.82) is 0 Å². The predicted molar refractivity (Wildman–Crippen MR) is 155 cm³/mol. The van der Waals surface area contributed by atoms with Crippen LogP contribution >= 0.6 is 0 Å². The number of anilines is 1. The molecule has 5 nitrogen and oxygen atoms in total. The van der Waals surface area contributed by atoms with E-state index >= 15 is 0 Å². The molecule has 38 heavy (non-hydrogen) atoms. The number of benzene rings is 4. The summed E-state index contributed by atoms with van der Waals surface area (Å²) in [6.45, 7) is 11.6. The number of hydrogen-bond acceptors (Lipinski definition) is 3. The Balaban J connectivity index is 1.68. The fraction of sp³-hybridized carbons (Fsp3) is 0.156. The topological polar surface area (TPSA) is 52.4 Å². The van der Waals surface area contributed by atoms with E-state index in [1.165, 1.54) is 0 Å². The number of rotatable bonds is 5. The molecule has 1 aliphatic rings. The Morgan fingerprint density at radius 2 is 1.47 bits per heavy atom. The Morgan fingerprint density at radius 3 is 2.18 bits per heavy atom. The number of nitrogens with zero attached hydrogens (tertiary/aromatic N) is 2. The van der Waals surface area contributed by atoms with Crippen molar-refractivity contribution < 1.29 is 13.0 Å². The molecular weight excluding hydrogens is 490 g/mol. The van der Waals surface area contributed by atoms with Crippen molar-refractivity contribution in [2.45, 2.75) is 38.8 Å². The lowest BCUT2D eigenvalue weighted by atomic mass is 10.0. The zero-order valence-electron chi connectivity index (χ0n) is 22.0. The molecule has 0 saturated heterocycles. The maximum absolute atomic E-state index is 13.3. The Labute approximate surface area is 225 Å². The fourth-order valence-electron chi connectivity index (χ4n) is 4.86. The molecule has 0 bridgehead atoms. The van der Waals surface area contributed by atoms with E-state index < -0.39 is 10.0 Å². The molecule has 0 spiro atoms. The highest BCUT2D eigenvalue weighted by Gasteiger charge is 2.27. The average Bonchev–Trinajstić information content (AvgIpc) is 2.88. The average molecular weight is 523 g/mol. The van der Waals surface area contributed by atoms with Crippen LogP contribution in [0.5, 0.6) is 0 Å². The molecule has 0 radical (unpaired) electrons. The first-order chi connectivity index (χ1) is 18.2. The van der Waals surface area contributed by atoms with Crippen LogP contribution in [0, 0.1) is 20.8 Å². The summed E-state index contributed by atoms with van der Waals surface area (Å²) in [5.74, 6) is 0. The first-order valence-corrected chi connectivity index (χ1v) is 14.1. The Hall–Kier alpha value is -4.16. The minimum absolute atomic E-state index is 0.226. The van der Waals surface area contributed by atoms with Gasteiger partial charge in [-0.3, -0.25) is 4.72 Å². The summed E-state index contributed by atoms with van der Waals surface area (Å²) in [4.78, 5) is 2.43. The molecule has 6 heteroatoms. The van der Waals surface area contributed by atoms with Gasteiger partial charge in [-0.05, 0) is 56.7 Å². The maximum Gasteiger partial charge on any atom is 0.261 e. The van der Waals surface area contributed by atoms with Crippen LogP contribution in [0.3, 0.4) is 0 Å². The molecule has 0 atom stereocenters. The van der Waals surface area contributed by atoms with Gasteiger partial charge in [0.25, 0.3) is 10.0 Å². The summed E-state index contributed by atoms with van der Waals surface area (Å²) in [6.07, 6.45) is 1.62. The summed E-state index contributed by atoms with van der Waals surface area (Å²) >= 11 is 0. The van der Waals surface area contributed by atoms with Crippen molar-refractivity contribution in [2.24, 2.45) is 0 Å². The van der Waals surface area contributed by atoms with Gasteiger partial charge in [-0.1, -0.05) is 71.3 Å². The van der Waals surface area contributed by atoms with Gasteiger partial charge in [0.15, 0.2) is 6.54 Å². The highest BCUT2D eigenvalue weighted by molar-refractivity contribution is 7.89. The molecule has 0 aliphatic carbocycles. The van der Waals surface area contributed by atoms with Crippen molar-refractivity contribution in [2.75, 3.05) is 4.90 Å². The fourth-order valence-corrected chi connectivity index (χ4v) is 5.76. The van der Waals surface area contributed by atoms with Crippen LogP contribution in [0.2, 0.25) is 0 Å². The largest absolute Gasteiger partial charge is 0.335 e. The summed E-state index contributed by atoms with van der Waals surface area (Å²) < 4.78 is 31.3. The van der Waals surface area contributed by atoms with Crippen molar-refractivity contribution in [3.8, 4) is 0 Å². The third-order valence-corrected chi connectivity index (χ3v) is 8.15. The number of nitrogens with one attached hydrogen (secondary N) is 1. The summed E-state index contributed by atoms with van der Waals surface area (Å²) in [6, 6.07) is 29.5. The minimum Gasteiger partial charge on any atom is -0.335 e. The molecule has 4 aromatic carbocycles. The monoisotopic (exact) mass is 522 g/mol. The number of aryl methyl sites for hydroxylation is 3. The molecule has 0 fully saturated rings. The van der Waals surface area contributed by atoms with Crippen LogP contribution < -0.4 is 9.62 Å². The number of fused-ring (bicyclic) bond motifs is 2. The second kappa shape index (κ2) is 10.3. The van der Waals surface area contributed by atoms with Crippen LogP contribution in [0.15, 0.2) is 102 Å². The summed E-state index contributed by atoms with van der Waals surface area (Å²) in [5.41, 5.74) is 9.30. The van der Waals surface area contributed by atoms with Gasteiger partial charge in [-0.15, -0.1) is 0 Å². The highest BCUT2D eigenvalue weighted by atomic mass is 32.2. The van der Waals surface area contributed by atoms with Crippen LogP contribution in [-0.2, 0) is 23.1 Å². The maximum atomic E-state index is 13.3. The summed E-state index contributed by atoms with van der Waals surface area (Å²) in [7, 11) is -3.77. The smallest absolute Gasteiger partial charge is 0.261 e. The third-order valence-electron chi connectivity index (χ3n) is 6.83. The molecule has 0 saturated carbocycles. The number of hydrogen-bond donors (Lipinski definition) is 1. The van der Waals surface area contributed by atoms with Gasteiger partial charge < -0.3 is 4.90 Å². The van der Waals surface area contributed by atoms with E-state index in [1.807, 2.05) is 41.8 Å². The van der Waals surface area contributed by atoms with Gasteiger partial charge >= 0.3 is 0 Å². The van der Waals surface area contributed by atoms with Crippen molar-refractivity contribution in [3.63, 3.8) is 0 Å². The second-order valence-electron chi connectivity index (χ2n) is 9.88. The third kappa shape index (κ3) is 5.27. The highest BCUT2D eigenvalue weighted by Crippen LogP contribution is 2.37. The first kappa shape index (κ1) is 25.5. The van der Waals surface area contributed by atoms with E-state index in [-0.39, 0.29) is 4.90 Å². The van der Waals surface area contributed by atoms with E-state index in [2.05, 4.69) is 66.6 Å². The standard InChI is InChI=1S/C32H32N3O2S/c1-23-10-14-29(15-11-23)38(36,37)33-20-32(26-8-6-5-7-9-26)35-22-28-19-24(2)12-16-30(28)34(4)21-27-18-25(3)13-17-31(27)35/h5-20,33H,4,21-22H2,1-3H3/q+1/b32-20+. The van der Waals surface area contributed by atoms with E-state index in [1.54, 1.807) is 30.5 Å². The van der Waals surface area contributed by atoms with Gasteiger partial charge in [0.2, 0.25) is 5.69 Å². The van der Waals surface area contributed by atoms with Gasteiger partial charge in [-0.25, -0.2) is 13.0 Å². The molecule has 1 N–H and O–H groups in total. The molecule has 0 aromatic heterocycles. The van der Waals surface area contributed by atoms with Crippen LogP contribution in [0.4, 0.5) is 11.4 Å². The lowest BCUT2D eigenvalue weighted by Crippen LogP contribution is -2.28. The SMILES string of the molecule is C=[N+]1Cc2cc(C)ccc2N(/C(=C/NS(=O)(=O)c2ccc(C)cc2)c2ccccc2)Cc2cc(C)ccc21. The normalized spacial score (nSPS) is 13.8. The van der Waals surface area contributed by atoms with Crippen LogP contribution in [-0.4, -0.2) is 19.7 Å². The van der Waals surface area contributed by atoms with E-state index in [0.29, 0.717) is 13.1 Å². The second-order valence-corrected chi connectivity index (χ2v) is 11.6. The Kier molecular flexibility index (Phi) is 6.91. The molecule has 1 aliphatic heterocycles. The van der Waals surface area contributed by atoms with Gasteiger partial charge in [0.05, 0.1) is 22.8 Å². The zero-order valence-corrected chi connectivity index (χ0v) is 22.8.